The van der Waals surface area contributed by atoms with Crippen LogP contribution in [0.5, 0.6) is 0 Å². The van der Waals surface area contributed by atoms with Crippen LogP contribution in [0, 0.1) is 19.7 Å². The Balaban J connectivity index is 1.35. The van der Waals surface area contributed by atoms with Gasteiger partial charge in [0.2, 0.25) is 0 Å². The number of amides is 1. The van der Waals surface area contributed by atoms with E-state index in [2.05, 4.69) is 15.3 Å². The van der Waals surface area contributed by atoms with Crippen LogP contribution in [0.25, 0.3) is 15.9 Å². The first-order valence-corrected chi connectivity index (χ1v) is 10.7. The standard InChI is InChI=1S/C22H20FN5OS/c1-12-18-13(2)26-20(15-4-5-15)27-22(18)30-19(12)21(29)25-10-14-3-6-17(16(23)9-14)28-8-7-24-11-28/h3,6-9,11,15H,4-5,10H2,1-2H3,(H,25,29). The third-order valence-electron chi connectivity index (χ3n) is 5.38. The molecule has 30 heavy (non-hydrogen) atoms. The molecule has 1 amide bonds. The smallest absolute Gasteiger partial charge is 0.261 e. The molecule has 1 fully saturated rings. The first-order chi connectivity index (χ1) is 14.5. The highest BCUT2D eigenvalue weighted by atomic mass is 32.1. The van der Waals surface area contributed by atoms with Crippen molar-refractivity contribution < 1.29 is 9.18 Å². The van der Waals surface area contributed by atoms with Gasteiger partial charge in [-0.3, -0.25) is 4.79 Å². The molecule has 152 valence electrons. The zero-order valence-corrected chi connectivity index (χ0v) is 17.5. The number of carbonyl (C=O) groups excluding carboxylic acids is 1. The Bertz CT molecular complexity index is 1260. The Kier molecular flexibility index (Phi) is 4.58. The number of halogens is 1. The molecule has 0 radical (unpaired) electrons. The minimum absolute atomic E-state index is 0.179. The highest BCUT2D eigenvalue weighted by Gasteiger charge is 2.28. The predicted molar refractivity (Wildman–Crippen MR) is 114 cm³/mol. The van der Waals surface area contributed by atoms with Crippen LogP contribution in [0.2, 0.25) is 0 Å². The van der Waals surface area contributed by atoms with Crippen molar-refractivity contribution in [2.75, 3.05) is 0 Å². The van der Waals surface area contributed by atoms with Gasteiger partial charge in [0.1, 0.15) is 16.5 Å². The molecule has 0 saturated heterocycles. The van der Waals surface area contributed by atoms with E-state index in [9.17, 15) is 9.18 Å². The molecule has 1 aromatic carbocycles. The summed E-state index contributed by atoms with van der Waals surface area (Å²) in [5, 5.41) is 3.87. The second-order valence-corrected chi connectivity index (χ2v) is 8.62. The Labute approximate surface area is 176 Å². The number of nitrogens with zero attached hydrogens (tertiary/aromatic N) is 4. The van der Waals surface area contributed by atoms with Gasteiger partial charge >= 0.3 is 0 Å². The van der Waals surface area contributed by atoms with E-state index < -0.39 is 0 Å². The fraction of sp³-hybridized carbons (Fsp3) is 0.273. The number of rotatable bonds is 5. The Morgan fingerprint density at radius 1 is 1.30 bits per heavy atom. The number of nitrogens with one attached hydrogen (secondary N) is 1. The number of benzene rings is 1. The van der Waals surface area contributed by atoms with E-state index in [4.69, 9.17) is 4.98 Å². The van der Waals surface area contributed by atoms with Crippen molar-refractivity contribution in [3.63, 3.8) is 0 Å². The van der Waals surface area contributed by atoms with Gasteiger partial charge in [-0.05, 0) is 49.9 Å². The topological polar surface area (TPSA) is 72.7 Å². The molecule has 1 N–H and O–H groups in total. The van der Waals surface area contributed by atoms with Gasteiger partial charge in [0.05, 0.1) is 22.6 Å². The zero-order valence-electron chi connectivity index (χ0n) is 16.6. The Morgan fingerprint density at radius 3 is 2.83 bits per heavy atom. The fourth-order valence-corrected chi connectivity index (χ4v) is 4.79. The largest absolute Gasteiger partial charge is 0.347 e. The normalized spacial score (nSPS) is 13.7. The first-order valence-electron chi connectivity index (χ1n) is 9.84. The van der Waals surface area contributed by atoms with Crippen molar-refractivity contribution in [2.24, 2.45) is 0 Å². The molecule has 5 rings (SSSR count). The molecule has 0 spiro atoms. The van der Waals surface area contributed by atoms with Crippen LogP contribution in [0.4, 0.5) is 4.39 Å². The van der Waals surface area contributed by atoms with E-state index in [1.165, 1.54) is 17.4 Å². The molecular formula is C22H20FN5OS. The van der Waals surface area contributed by atoms with Crippen molar-refractivity contribution in [3.8, 4) is 5.69 Å². The van der Waals surface area contributed by atoms with E-state index in [1.807, 2.05) is 13.8 Å². The van der Waals surface area contributed by atoms with E-state index in [-0.39, 0.29) is 18.3 Å². The van der Waals surface area contributed by atoms with Crippen LogP contribution in [0.3, 0.4) is 0 Å². The van der Waals surface area contributed by atoms with Crippen molar-refractivity contribution >= 4 is 27.5 Å². The average molecular weight is 422 g/mol. The third kappa shape index (κ3) is 3.37. The van der Waals surface area contributed by atoms with Crippen LogP contribution < -0.4 is 5.32 Å². The van der Waals surface area contributed by atoms with Gasteiger partial charge in [0.25, 0.3) is 5.91 Å². The molecule has 3 heterocycles. The molecule has 4 aromatic rings. The molecule has 0 bridgehead atoms. The molecule has 8 heteroatoms. The summed E-state index contributed by atoms with van der Waals surface area (Å²) in [6.07, 6.45) is 7.10. The first kappa shape index (κ1) is 18.9. The molecule has 0 atom stereocenters. The lowest BCUT2D eigenvalue weighted by Gasteiger charge is -2.08. The lowest BCUT2D eigenvalue weighted by molar-refractivity contribution is 0.0954. The lowest BCUT2D eigenvalue weighted by Crippen LogP contribution is -2.22. The number of imidazole rings is 1. The molecule has 1 aliphatic carbocycles. The second kappa shape index (κ2) is 7.28. The Morgan fingerprint density at radius 2 is 2.13 bits per heavy atom. The molecule has 1 aliphatic rings. The van der Waals surface area contributed by atoms with E-state index in [0.717, 1.165) is 40.1 Å². The van der Waals surface area contributed by atoms with Crippen LogP contribution in [0.1, 0.15) is 51.1 Å². The SMILES string of the molecule is Cc1nc(C2CC2)nc2sc(C(=O)NCc3ccc(-n4ccnc4)c(F)c3)c(C)c12. The number of aromatic nitrogens is 4. The van der Waals surface area contributed by atoms with E-state index in [0.29, 0.717) is 22.0 Å². The monoisotopic (exact) mass is 421 g/mol. The maximum absolute atomic E-state index is 14.4. The van der Waals surface area contributed by atoms with Crippen LogP contribution >= 0.6 is 11.3 Å². The molecule has 3 aromatic heterocycles. The lowest BCUT2D eigenvalue weighted by atomic mass is 10.1. The van der Waals surface area contributed by atoms with Gasteiger partial charge in [0.15, 0.2) is 0 Å². The van der Waals surface area contributed by atoms with Crippen LogP contribution in [-0.4, -0.2) is 25.4 Å². The summed E-state index contributed by atoms with van der Waals surface area (Å²) < 4.78 is 16.1. The summed E-state index contributed by atoms with van der Waals surface area (Å²) in [5.74, 6) is 0.813. The van der Waals surface area contributed by atoms with E-state index in [1.54, 1.807) is 35.4 Å². The molecule has 0 unspecified atom stereocenters. The number of fused-ring (bicyclic) bond motifs is 1. The maximum Gasteiger partial charge on any atom is 0.261 e. The van der Waals surface area contributed by atoms with Gasteiger partial charge in [-0.2, -0.15) is 0 Å². The van der Waals surface area contributed by atoms with Crippen molar-refractivity contribution in [3.05, 3.63) is 70.3 Å². The third-order valence-corrected chi connectivity index (χ3v) is 6.57. The van der Waals surface area contributed by atoms with Gasteiger partial charge in [-0.1, -0.05) is 6.07 Å². The Hall–Kier alpha value is -3.13. The second-order valence-electron chi connectivity index (χ2n) is 7.62. The quantitative estimate of drug-likeness (QED) is 0.517. The maximum atomic E-state index is 14.4. The van der Waals surface area contributed by atoms with Gasteiger partial charge in [-0.15, -0.1) is 11.3 Å². The summed E-state index contributed by atoms with van der Waals surface area (Å²) in [4.78, 5) is 27.6. The average Bonchev–Trinajstić information content (AvgIpc) is 3.33. The minimum Gasteiger partial charge on any atom is -0.347 e. The summed E-state index contributed by atoms with van der Waals surface area (Å²) >= 11 is 1.40. The highest BCUT2D eigenvalue weighted by Crippen LogP contribution is 2.40. The zero-order chi connectivity index (χ0) is 20.8. The number of hydrogen-bond donors (Lipinski definition) is 1. The number of hydrogen-bond acceptors (Lipinski definition) is 5. The van der Waals surface area contributed by atoms with Gasteiger partial charge < -0.3 is 9.88 Å². The predicted octanol–water partition coefficient (Wildman–Crippen LogP) is 4.44. The number of aryl methyl sites for hydroxylation is 2. The number of carbonyl (C=O) groups is 1. The van der Waals surface area contributed by atoms with Crippen molar-refractivity contribution in [1.29, 1.82) is 0 Å². The fourth-order valence-electron chi connectivity index (χ4n) is 3.63. The molecule has 1 saturated carbocycles. The van der Waals surface area contributed by atoms with Gasteiger partial charge in [0, 0.05) is 30.2 Å². The molecule has 6 nitrogen and oxygen atoms in total. The van der Waals surface area contributed by atoms with E-state index >= 15 is 0 Å². The summed E-state index contributed by atoms with van der Waals surface area (Å²) in [6.45, 7) is 4.15. The van der Waals surface area contributed by atoms with Crippen LogP contribution in [-0.2, 0) is 6.54 Å². The summed E-state index contributed by atoms with van der Waals surface area (Å²) in [6, 6.07) is 4.92. The minimum atomic E-state index is -0.365. The summed E-state index contributed by atoms with van der Waals surface area (Å²) in [5.41, 5.74) is 2.93. The van der Waals surface area contributed by atoms with Gasteiger partial charge in [-0.25, -0.2) is 19.3 Å². The summed E-state index contributed by atoms with van der Waals surface area (Å²) in [7, 11) is 0. The molecule has 0 aliphatic heterocycles. The van der Waals surface area contributed by atoms with Crippen LogP contribution in [0.15, 0.2) is 36.9 Å². The van der Waals surface area contributed by atoms with Crippen molar-refractivity contribution in [1.82, 2.24) is 24.8 Å². The number of thiophene rings is 1. The highest BCUT2D eigenvalue weighted by molar-refractivity contribution is 7.20. The van der Waals surface area contributed by atoms with Crippen molar-refractivity contribution in [2.45, 2.75) is 39.2 Å². The molecular weight excluding hydrogens is 401 g/mol.